The largest absolute Gasteiger partial charge is 0.369 e. The SMILES string of the molecule is CCCCc1nnc(NCC)c(C)c1C. The molecule has 0 amide bonds. The predicted octanol–water partition coefficient (Wildman–Crippen LogP) is 2.87. The molecule has 1 aromatic rings. The molecule has 1 rings (SSSR count). The summed E-state index contributed by atoms with van der Waals surface area (Å²) in [7, 11) is 0. The van der Waals surface area contributed by atoms with Crippen molar-refractivity contribution in [1.82, 2.24) is 10.2 Å². The number of anilines is 1. The lowest BCUT2D eigenvalue weighted by atomic mass is 10.1. The van der Waals surface area contributed by atoms with Gasteiger partial charge in [0.15, 0.2) is 5.82 Å². The van der Waals surface area contributed by atoms with Crippen LogP contribution in [0.2, 0.25) is 0 Å². The normalized spacial score (nSPS) is 10.4. The zero-order chi connectivity index (χ0) is 11.3. The third-order valence-corrected chi connectivity index (χ3v) is 2.73. The fraction of sp³-hybridized carbons (Fsp3) is 0.667. The van der Waals surface area contributed by atoms with Gasteiger partial charge in [-0.2, -0.15) is 5.10 Å². The number of aryl methyl sites for hydroxylation is 1. The number of nitrogens with zero attached hydrogens (tertiary/aromatic N) is 2. The van der Waals surface area contributed by atoms with Crippen molar-refractivity contribution in [1.29, 1.82) is 0 Å². The Morgan fingerprint density at radius 1 is 1.07 bits per heavy atom. The van der Waals surface area contributed by atoms with Gasteiger partial charge in [-0.05, 0) is 44.7 Å². The van der Waals surface area contributed by atoms with E-state index in [1.165, 1.54) is 24.0 Å². The maximum Gasteiger partial charge on any atom is 0.151 e. The van der Waals surface area contributed by atoms with Gasteiger partial charge in [-0.1, -0.05) is 13.3 Å². The fourth-order valence-corrected chi connectivity index (χ4v) is 1.57. The van der Waals surface area contributed by atoms with Gasteiger partial charge in [0.25, 0.3) is 0 Å². The fourth-order valence-electron chi connectivity index (χ4n) is 1.57. The molecule has 15 heavy (non-hydrogen) atoms. The van der Waals surface area contributed by atoms with Gasteiger partial charge in [-0.25, -0.2) is 0 Å². The van der Waals surface area contributed by atoms with Crippen molar-refractivity contribution in [3.05, 3.63) is 16.8 Å². The van der Waals surface area contributed by atoms with E-state index in [0.29, 0.717) is 0 Å². The molecule has 0 fully saturated rings. The molecule has 0 unspecified atom stereocenters. The minimum atomic E-state index is 0.892. The van der Waals surface area contributed by atoms with Gasteiger partial charge < -0.3 is 5.32 Å². The zero-order valence-electron chi connectivity index (χ0n) is 10.2. The van der Waals surface area contributed by atoms with E-state index in [4.69, 9.17) is 0 Å². The van der Waals surface area contributed by atoms with Gasteiger partial charge in [-0.3, -0.25) is 0 Å². The monoisotopic (exact) mass is 207 g/mol. The number of hydrogen-bond donors (Lipinski definition) is 1. The van der Waals surface area contributed by atoms with Crippen molar-refractivity contribution in [2.45, 2.75) is 47.0 Å². The first-order valence-electron chi connectivity index (χ1n) is 5.77. The minimum Gasteiger partial charge on any atom is -0.369 e. The first kappa shape index (κ1) is 12.0. The summed E-state index contributed by atoms with van der Waals surface area (Å²) in [5.41, 5.74) is 3.67. The molecule has 3 nitrogen and oxygen atoms in total. The molecule has 0 aliphatic heterocycles. The van der Waals surface area contributed by atoms with Crippen LogP contribution in [0.3, 0.4) is 0 Å². The van der Waals surface area contributed by atoms with Gasteiger partial charge in [0, 0.05) is 6.54 Å². The average molecular weight is 207 g/mol. The molecule has 0 spiro atoms. The highest BCUT2D eigenvalue weighted by Crippen LogP contribution is 2.18. The number of hydrogen-bond acceptors (Lipinski definition) is 3. The first-order valence-corrected chi connectivity index (χ1v) is 5.77. The average Bonchev–Trinajstić information content (AvgIpc) is 2.24. The van der Waals surface area contributed by atoms with Gasteiger partial charge in [0.05, 0.1) is 5.69 Å². The van der Waals surface area contributed by atoms with E-state index >= 15 is 0 Å². The second-order valence-electron chi connectivity index (χ2n) is 3.88. The number of unbranched alkanes of at least 4 members (excludes halogenated alkanes) is 1. The molecule has 0 aromatic carbocycles. The van der Waals surface area contributed by atoms with E-state index in [-0.39, 0.29) is 0 Å². The number of aromatic nitrogens is 2. The molecule has 0 saturated carbocycles. The number of rotatable bonds is 5. The molecule has 1 heterocycles. The van der Waals surface area contributed by atoms with Gasteiger partial charge in [0.2, 0.25) is 0 Å². The Labute approximate surface area is 92.3 Å². The highest BCUT2D eigenvalue weighted by atomic mass is 15.2. The first-order chi connectivity index (χ1) is 7.20. The van der Waals surface area contributed by atoms with Crippen molar-refractivity contribution in [3.8, 4) is 0 Å². The lowest BCUT2D eigenvalue weighted by molar-refractivity contribution is 0.751. The maximum atomic E-state index is 4.28. The van der Waals surface area contributed by atoms with Crippen molar-refractivity contribution in [2.24, 2.45) is 0 Å². The topological polar surface area (TPSA) is 37.8 Å². The van der Waals surface area contributed by atoms with Crippen molar-refractivity contribution in [2.75, 3.05) is 11.9 Å². The standard InChI is InChI=1S/C12H21N3/c1-5-7-8-11-9(3)10(4)12(13-6-2)15-14-11/h5-8H2,1-4H3,(H,13,15). The van der Waals surface area contributed by atoms with Crippen LogP contribution < -0.4 is 5.32 Å². The van der Waals surface area contributed by atoms with Crippen molar-refractivity contribution >= 4 is 5.82 Å². The molecule has 1 N–H and O–H groups in total. The summed E-state index contributed by atoms with van der Waals surface area (Å²) in [6.45, 7) is 9.40. The molecular formula is C12H21N3. The van der Waals surface area contributed by atoms with Crippen LogP contribution in [0, 0.1) is 13.8 Å². The second kappa shape index (κ2) is 5.69. The van der Waals surface area contributed by atoms with Gasteiger partial charge in [0.1, 0.15) is 0 Å². The smallest absolute Gasteiger partial charge is 0.151 e. The van der Waals surface area contributed by atoms with Gasteiger partial charge in [-0.15, -0.1) is 5.10 Å². The van der Waals surface area contributed by atoms with E-state index in [1.807, 2.05) is 0 Å². The Kier molecular flexibility index (Phi) is 4.53. The van der Waals surface area contributed by atoms with Crippen LogP contribution in [-0.4, -0.2) is 16.7 Å². The summed E-state index contributed by atoms with van der Waals surface area (Å²) in [6, 6.07) is 0. The predicted molar refractivity (Wildman–Crippen MR) is 64.3 cm³/mol. The maximum absolute atomic E-state index is 4.28. The molecule has 3 heteroatoms. The summed E-state index contributed by atoms with van der Waals surface area (Å²) in [5, 5.41) is 11.7. The molecule has 84 valence electrons. The van der Waals surface area contributed by atoms with E-state index in [0.717, 1.165) is 24.5 Å². The van der Waals surface area contributed by atoms with Crippen LogP contribution in [0.4, 0.5) is 5.82 Å². The molecule has 0 aliphatic rings. The van der Waals surface area contributed by atoms with Crippen molar-refractivity contribution < 1.29 is 0 Å². The summed E-state index contributed by atoms with van der Waals surface area (Å²) >= 11 is 0. The van der Waals surface area contributed by atoms with E-state index in [1.54, 1.807) is 0 Å². The summed E-state index contributed by atoms with van der Waals surface area (Å²) in [5.74, 6) is 0.926. The van der Waals surface area contributed by atoms with Crippen LogP contribution in [0.5, 0.6) is 0 Å². The Balaban J connectivity index is 2.88. The molecule has 1 aromatic heterocycles. The second-order valence-corrected chi connectivity index (χ2v) is 3.88. The summed E-state index contributed by atoms with van der Waals surface area (Å²) in [6.07, 6.45) is 3.44. The highest BCUT2D eigenvalue weighted by molar-refractivity contribution is 5.47. The Bertz CT molecular complexity index is 321. The van der Waals surface area contributed by atoms with Crippen LogP contribution in [0.15, 0.2) is 0 Å². The Hall–Kier alpha value is -1.12. The summed E-state index contributed by atoms with van der Waals surface area (Å²) in [4.78, 5) is 0. The molecule has 0 bridgehead atoms. The van der Waals surface area contributed by atoms with E-state index < -0.39 is 0 Å². The van der Waals surface area contributed by atoms with Crippen molar-refractivity contribution in [3.63, 3.8) is 0 Å². The Morgan fingerprint density at radius 3 is 2.40 bits per heavy atom. The third-order valence-electron chi connectivity index (χ3n) is 2.73. The zero-order valence-corrected chi connectivity index (χ0v) is 10.2. The molecule has 0 radical (unpaired) electrons. The van der Waals surface area contributed by atoms with Gasteiger partial charge >= 0.3 is 0 Å². The third kappa shape index (κ3) is 2.91. The minimum absolute atomic E-state index is 0.892. The van der Waals surface area contributed by atoms with Crippen LogP contribution in [0.1, 0.15) is 43.5 Å². The molecule has 0 aliphatic carbocycles. The molecular weight excluding hydrogens is 186 g/mol. The quantitative estimate of drug-likeness (QED) is 0.806. The lowest BCUT2D eigenvalue weighted by Gasteiger charge is -2.11. The van der Waals surface area contributed by atoms with Crippen LogP contribution >= 0.6 is 0 Å². The van der Waals surface area contributed by atoms with E-state index in [2.05, 4.69) is 43.2 Å². The molecule has 0 saturated heterocycles. The van der Waals surface area contributed by atoms with E-state index in [9.17, 15) is 0 Å². The number of nitrogens with one attached hydrogen (secondary N) is 1. The summed E-state index contributed by atoms with van der Waals surface area (Å²) < 4.78 is 0. The molecule has 0 atom stereocenters. The highest BCUT2D eigenvalue weighted by Gasteiger charge is 2.08. The van der Waals surface area contributed by atoms with Crippen LogP contribution in [-0.2, 0) is 6.42 Å². The Morgan fingerprint density at radius 2 is 1.80 bits per heavy atom. The lowest BCUT2D eigenvalue weighted by Crippen LogP contribution is -2.07. The van der Waals surface area contributed by atoms with Crippen LogP contribution in [0.25, 0.3) is 0 Å².